The van der Waals surface area contributed by atoms with E-state index >= 15 is 0 Å². The molecule has 0 aliphatic heterocycles. The van der Waals surface area contributed by atoms with E-state index in [1.165, 1.54) is 0 Å². The third-order valence-electron chi connectivity index (χ3n) is 4.82. The highest BCUT2D eigenvalue weighted by Crippen LogP contribution is 2.33. The van der Waals surface area contributed by atoms with Gasteiger partial charge < -0.3 is 14.3 Å². The van der Waals surface area contributed by atoms with Gasteiger partial charge in [-0.1, -0.05) is 11.6 Å². The van der Waals surface area contributed by atoms with Gasteiger partial charge >= 0.3 is 0 Å². The number of benzene rings is 3. The molecule has 0 saturated carbocycles. The Morgan fingerprint density at radius 3 is 2.70 bits per heavy atom. The standard InChI is InChI=1S/C23H18BrClN2O3/c1-12-8-19(28)16(13(2)22(12)25)11-26-15-5-7-21-18(10-15)27-23(30-21)14-4-6-20(29-3)17(24)9-14/h4-11,28H,1-3H3. The molecule has 1 heterocycles. The molecular formula is C23H18BrClN2O3. The maximum absolute atomic E-state index is 10.2. The Morgan fingerprint density at radius 2 is 1.97 bits per heavy atom. The quantitative estimate of drug-likeness (QED) is 0.316. The van der Waals surface area contributed by atoms with Gasteiger partial charge in [0.1, 0.15) is 17.0 Å². The number of aromatic nitrogens is 1. The summed E-state index contributed by atoms with van der Waals surface area (Å²) in [4.78, 5) is 9.07. The molecule has 4 aromatic rings. The number of aromatic hydroxyl groups is 1. The van der Waals surface area contributed by atoms with Crippen molar-refractivity contribution in [1.82, 2.24) is 4.98 Å². The Kier molecular flexibility index (Phi) is 5.54. The van der Waals surface area contributed by atoms with E-state index in [9.17, 15) is 5.11 Å². The average Bonchev–Trinajstić information content (AvgIpc) is 3.15. The first-order valence-corrected chi connectivity index (χ1v) is 10.3. The number of aryl methyl sites for hydroxylation is 1. The molecule has 1 aromatic heterocycles. The van der Waals surface area contributed by atoms with E-state index in [4.69, 9.17) is 20.8 Å². The summed E-state index contributed by atoms with van der Waals surface area (Å²) in [6.07, 6.45) is 1.61. The van der Waals surface area contributed by atoms with Gasteiger partial charge in [-0.2, -0.15) is 0 Å². The van der Waals surface area contributed by atoms with E-state index in [0.717, 1.165) is 26.9 Å². The number of nitrogens with zero attached hydrogens (tertiary/aromatic N) is 2. The molecule has 0 spiro atoms. The number of ether oxygens (including phenoxy) is 1. The van der Waals surface area contributed by atoms with Gasteiger partial charge in [0.05, 0.1) is 17.3 Å². The molecule has 0 aliphatic rings. The fourth-order valence-corrected chi connectivity index (χ4v) is 3.87. The predicted octanol–water partition coefficient (Wildman–Crippen LogP) is 6.99. The minimum absolute atomic E-state index is 0.146. The van der Waals surface area contributed by atoms with E-state index in [-0.39, 0.29) is 5.75 Å². The molecule has 0 bridgehead atoms. The summed E-state index contributed by atoms with van der Waals surface area (Å²) in [5, 5.41) is 10.9. The van der Waals surface area contributed by atoms with Crippen LogP contribution in [0.2, 0.25) is 5.02 Å². The zero-order valence-corrected chi connectivity index (χ0v) is 18.9. The summed E-state index contributed by atoms with van der Waals surface area (Å²) in [7, 11) is 1.62. The van der Waals surface area contributed by atoms with Crippen LogP contribution in [0.1, 0.15) is 16.7 Å². The van der Waals surface area contributed by atoms with Gasteiger partial charge in [-0.15, -0.1) is 0 Å². The minimum atomic E-state index is 0.146. The van der Waals surface area contributed by atoms with Gasteiger partial charge in [-0.3, -0.25) is 4.99 Å². The second-order valence-electron chi connectivity index (χ2n) is 6.84. The number of hydrogen-bond donors (Lipinski definition) is 1. The largest absolute Gasteiger partial charge is 0.507 e. The van der Waals surface area contributed by atoms with Gasteiger partial charge in [0.25, 0.3) is 0 Å². The summed E-state index contributed by atoms with van der Waals surface area (Å²) >= 11 is 9.78. The SMILES string of the molecule is COc1ccc(-c2nc3cc(N=Cc4c(O)cc(C)c(Cl)c4C)ccc3o2)cc1Br. The predicted molar refractivity (Wildman–Crippen MR) is 124 cm³/mol. The summed E-state index contributed by atoms with van der Waals surface area (Å²) < 4.78 is 12.0. The van der Waals surface area contributed by atoms with Gasteiger partial charge in [-0.05, 0) is 83.4 Å². The van der Waals surface area contributed by atoms with Crippen molar-refractivity contribution < 1.29 is 14.3 Å². The lowest BCUT2D eigenvalue weighted by atomic mass is 10.0. The van der Waals surface area contributed by atoms with Crippen LogP contribution < -0.4 is 4.74 Å². The molecular weight excluding hydrogens is 468 g/mol. The fourth-order valence-electron chi connectivity index (χ4n) is 3.17. The highest BCUT2D eigenvalue weighted by Gasteiger charge is 2.12. The zero-order valence-electron chi connectivity index (χ0n) is 16.5. The van der Waals surface area contributed by atoms with Gasteiger partial charge in [0.2, 0.25) is 5.89 Å². The summed E-state index contributed by atoms with van der Waals surface area (Å²) in [6, 6.07) is 12.8. The molecule has 4 rings (SSSR count). The van der Waals surface area contributed by atoms with Crippen LogP contribution in [-0.2, 0) is 0 Å². The van der Waals surface area contributed by atoms with Crippen LogP contribution in [0, 0.1) is 13.8 Å². The van der Waals surface area contributed by atoms with Crippen LogP contribution in [0.5, 0.6) is 11.5 Å². The molecule has 7 heteroatoms. The zero-order chi connectivity index (χ0) is 21.4. The van der Waals surface area contributed by atoms with Crippen LogP contribution in [0.3, 0.4) is 0 Å². The number of aliphatic imine (C=N–C) groups is 1. The Bertz CT molecular complexity index is 1300. The van der Waals surface area contributed by atoms with Crippen molar-refractivity contribution in [2.75, 3.05) is 7.11 Å². The average molecular weight is 486 g/mol. The molecule has 5 nitrogen and oxygen atoms in total. The normalized spacial score (nSPS) is 11.5. The summed E-state index contributed by atoms with van der Waals surface area (Å²) in [5.74, 6) is 1.39. The Morgan fingerprint density at radius 1 is 1.17 bits per heavy atom. The molecule has 30 heavy (non-hydrogen) atoms. The molecule has 0 atom stereocenters. The molecule has 152 valence electrons. The third kappa shape index (κ3) is 3.80. The summed E-state index contributed by atoms with van der Waals surface area (Å²) in [5.41, 5.74) is 5.07. The first-order chi connectivity index (χ1) is 14.4. The lowest BCUT2D eigenvalue weighted by Gasteiger charge is -2.08. The van der Waals surface area contributed by atoms with Crippen molar-refractivity contribution in [1.29, 1.82) is 0 Å². The third-order valence-corrected chi connectivity index (χ3v) is 6.02. The number of rotatable bonds is 4. The Balaban J connectivity index is 1.67. The molecule has 0 radical (unpaired) electrons. The van der Waals surface area contributed by atoms with Crippen molar-refractivity contribution in [2.45, 2.75) is 13.8 Å². The number of methoxy groups -OCH3 is 1. The topological polar surface area (TPSA) is 67.9 Å². The number of phenols is 1. The first-order valence-electron chi connectivity index (χ1n) is 9.14. The van der Waals surface area contributed by atoms with Gasteiger partial charge in [-0.25, -0.2) is 4.98 Å². The molecule has 3 aromatic carbocycles. The van der Waals surface area contributed by atoms with Gasteiger partial charge in [0.15, 0.2) is 5.58 Å². The Hall–Kier alpha value is -2.83. The van der Waals surface area contributed by atoms with Crippen LogP contribution in [0.4, 0.5) is 5.69 Å². The smallest absolute Gasteiger partial charge is 0.227 e. The van der Waals surface area contributed by atoms with Crippen molar-refractivity contribution in [3.63, 3.8) is 0 Å². The van der Waals surface area contributed by atoms with E-state index in [2.05, 4.69) is 25.9 Å². The maximum atomic E-state index is 10.2. The molecule has 0 saturated heterocycles. The van der Waals surface area contributed by atoms with E-state index < -0.39 is 0 Å². The second kappa shape index (κ2) is 8.13. The van der Waals surface area contributed by atoms with Crippen LogP contribution >= 0.6 is 27.5 Å². The molecule has 0 aliphatic carbocycles. The molecule has 1 N–H and O–H groups in total. The lowest BCUT2D eigenvalue weighted by molar-refractivity contribution is 0.412. The Labute approximate surface area is 187 Å². The fraction of sp³-hybridized carbons (Fsp3) is 0.130. The van der Waals surface area contributed by atoms with E-state index in [1.807, 2.05) is 50.2 Å². The van der Waals surface area contributed by atoms with Crippen molar-refractivity contribution in [2.24, 2.45) is 4.99 Å². The lowest BCUT2D eigenvalue weighted by Crippen LogP contribution is -1.92. The maximum Gasteiger partial charge on any atom is 0.227 e. The number of fused-ring (bicyclic) bond motifs is 1. The van der Waals surface area contributed by atoms with E-state index in [1.54, 1.807) is 19.4 Å². The van der Waals surface area contributed by atoms with Crippen LogP contribution in [-0.4, -0.2) is 23.4 Å². The number of hydrogen-bond acceptors (Lipinski definition) is 5. The molecule has 0 fully saturated rings. The number of phenolic OH excluding ortho intramolecular Hbond substituents is 1. The highest BCUT2D eigenvalue weighted by atomic mass is 79.9. The van der Waals surface area contributed by atoms with E-state index in [0.29, 0.717) is 33.3 Å². The molecule has 0 unspecified atom stereocenters. The second-order valence-corrected chi connectivity index (χ2v) is 8.08. The van der Waals surface area contributed by atoms with Crippen molar-refractivity contribution in [3.8, 4) is 23.0 Å². The monoisotopic (exact) mass is 484 g/mol. The highest BCUT2D eigenvalue weighted by molar-refractivity contribution is 9.10. The number of halogens is 2. The number of oxazole rings is 1. The minimum Gasteiger partial charge on any atom is -0.507 e. The van der Waals surface area contributed by atoms with Crippen LogP contribution in [0.15, 0.2) is 56.3 Å². The first kappa shape index (κ1) is 20.4. The van der Waals surface area contributed by atoms with Crippen LogP contribution in [0.25, 0.3) is 22.6 Å². The molecule has 0 amide bonds. The summed E-state index contributed by atoms with van der Waals surface area (Å²) in [6.45, 7) is 3.71. The van der Waals surface area contributed by atoms with Gasteiger partial charge in [0, 0.05) is 22.4 Å². The van der Waals surface area contributed by atoms with Crippen molar-refractivity contribution in [3.05, 3.63) is 68.7 Å². The van der Waals surface area contributed by atoms with Crippen molar-refractivity contribution >= 4 is 50.5 Å².